The minimum Gasteiger partial charge on any atom is -0.370 e. The lowest BCUT2D eigenvalue weighted by molar-refractivity contribution is 0.684. The molecule has 2 rings (SSSR count). The number of hydrogen-bond acceptors (Lipinski definition) is 2. The van der Waals surface area contributed by atoms with Crippen LogP contribution in [0.25, 0.3) is 10.8 Å². The molecule has 1 aromatic carbocycles. The van der Waals surface area contributed by atoms with Gasteiger partial charge in [0.2, 0.25) is 0 Å². The van der Waals surface area contributed by atoms with E-state index in [0.717, 1.165) is 16.8 Å². The molecule has 0 atom stereocenters. The summed E-state index contributed by atoms with van der Waals surface area (Å²) in [5.74, 6) is 0.991. The number of unbranched alkanes of at least 4 members (excludes halogenated alkanes) is 3. The number of nitrogens with one attached hydrogen (secondary N) is 1. The molecule has 1 heterocycles. The largest absolute Gasteiger partial charge is 0.370 e. The summed E-state index contributed by atoms with van der Waals surface area (Å²) < 4.78 is 1.12. The molecule has 0 aliphatic heterocycles. The highest BCUT2D eigenvalue weighted by atomic mass is 79.9. The van der Waals surface area contributed by atoms with E-state index in [0.29, 0.717) is 0 Å². The number of rotatable bonds is 6. The number of nitrogens with zero attached hydrogens (tertiary/aromatic N) is 1. The Hall–Kier alpha value is -1.09. The minimum atomic E-state index is 0.991. The SMILES string of the molecule is CCCCCCNc1nccc2c(Br)cccc12. The topological polar surface area (TPSA) is 24.9 Å². The second-order valence-corrected chi connectivity index (χ2v) is 5.34. The van der Waals surface area contributed by atoms with Crippen LogP contribution < -0.4 is 5.32 Å². The van der Waals surface area contributed by atoms with Crippen LogP contribution in [0.1, 0.15) is 32.6 Å². The Kier molecular flexibility index (Phi) is 5.00. The normalized spacial score (nSPS) is 10.8. The molecule has 0 saturated carbocycles. The second kappa shape index (κ2) is 6.74. The highest BCUT2D eigenvalue weighted by molar-refractivity contribution is 9.10. The average molecular weight is 307 g/mol. The van der Waals surface area contributed by atoms with E-state index < -0.39 is 0 Å². The number of pyridine rings is 1. The molecule has 0 bridgehead atoms. The first kappa shape index (κ1) is 13.3. The zero-order chi connectivity index (χ0) is 12.8. The zero-order valence-corrected chi connectivity index (χ0v) is 12.3. The van der Waals surface area contributed by atoms with E-state index in [4.69, 9.17) is 0 Å². The molecule has 0 spiro atoms. The Morgan fingerprint density at radius 1 is 1.11 bits per heavy atom. The molecule has 2 nitrogen and oxygen atoms in total. The van der Waals surface area contributed by atoms with Gasteiger partial charge in [0, 0.05) is 28.0 Å². The van der Waals surface area contributed by atoms with Crippen molar-refractivity contribution < 1.29 is 0 Å². The van der Waals surface area contributed by atoms with E-state index in [1.54, 1.807) is 0 Å². The first-order valence-corrected chi connectivity index (χ1v) is 7.39. The van der Waals surface area contributed by atoms with Crippen molar-refractivity contribution in [2.24, 2.45) is 0 Å². The van der Waals surface area contributed by atoms with Crippen molar-refractivity contribution in [1.82, 2.24) is 4.98 Å². The van der Waals surface area contributed by atoms with Gasteiger partial charge in [-0.05, 0) is 18.6 Å². The van der Waals surface area contributed by atoms with Gasteiger partial charge in [-0.2, -0.15) is 0 Å². The summed E-state index contributed by atoms with van der Waals surface area (Å²) in [7, 11) is 0. The van der Waals surface area contributed by atoms with Gasteiger partial charge in [-0.25, -0.2) is 4.98 Å². The fourth-order valence-electron chi connectivity index (χ4n) is 2.07. The Balaban J connectivity index is 2.07. The molecule has 0 aliphatic carbocycles. The summed E-state index contributed by atoms with van der Waals surface area (Å²) in [5.41, 5.74) is 0. The van der Waals surface area contributed by atoms with Crippen molar-refractivity contribution in [2.75, 3.05) is 11.9 Å². The van der Waals surface area contributed by atoms with Gasteiger partial charge in [-0.1, -0.05) is 54.2 Å². The summed E-state index contributed by atoms with van der Waals surface area (Å²) in [6, 6.07) is 8.27. The van der Waals surface area contributed by atoms with Crippen LogP contribution in [-0.4, -0.2) is 11.5 Å². The maximum atomic E-state index is 4.43. The van der Waals surface area contributed by atoms with E-state index >= 15 is 0 Å². The van der Waals surface area contributed by atoms with Crippen molar-refractivity contribution in [2.45, 2.75) is 32.6 Å². The molecule has 0 fully saturated rings. The van der Waals surface area contributed by atoms with E-state index in [1.807, 2.05) is 12.3 Å². The number of anilines is 1. The Labute approximate surface area is 117 Å². The third kappa shape index (κ3) is 3.22. The van der Waals surface area contributed by atoms with Crippen LogP contribution in [0.15, 0.2) is 34.9 Å². The predicted molar refractivity (Wildman–Crippen MR) is 82.1 cm³/mol. The van der Waals surface area contributed by atoms with E-state index in [-0.39, 0.29) is 0 Å². The summed E-state index contributed by atoms with van der Waals surface area (Å²) in [6.07, 6.45) is 6.95. The highest BCUT2D eigenvalue weighted by Crippen LogP contribution is 2.27. The van der Waals surface area contributed by atoms with Crippen molar-refractivity contribution in [3.63, 3.8) is 0 Å². The van der Waals surface area contributed by atoms with E-state index in [2.05, 4.69) is 51.4 Å². The third-order valence-electron chi connectivity index (χ3n) is 3.08. The molecule has 3 heteroatoms. The van der Waals surface area contributed by atoms with Gasteiger partial charge in [0.25, 0.3) is 0 Å². The average Bonchev–Trinajstić information content (AvgIpc) is 2.39. The standard InChI is InChI=1S/C15H19BrN2/c1-2-3-4-5-10-17-15-13-7-6-8-14(16)12(13)9-11-18-15/h6-9,11H,2-5,10H2,1H3,(H,17,18). The lowest BCUT2D eigenvalue weighted by Crippen LogP contribution is -2.03. The first-order valence-electron chi connectivity index (χ1n) is 6.60. The molecule has 0 aliphatic rings. The molecule has 2 aromatic rings. The number of halogens is 1. The van der Waals surface area contributed by atoms with Crippen molar-refractivity contribution in [3.05, 3.63) is 34.9 Å². The number of aromatic nitrogens is 1. The Bertz CT molecular complexity index is 511. The summed E-state index contributed by atoms with van der Waals surface area (Å²) in [6.45, 7) is 3.23. The van der Waals surface area contributed by atoms with Gasteiger partial charge >= 0.3 is 0 Å². The molecule has 1 aromatic heterocycles. The van der Waals surface area contributed by atoms with Crippen molar-refractivity contribution in [3.8, 4) is 0 Å². The second-order valence-electron chi connectivity index (χ2n) is 4.48. The number of fused-ring (bicyclic) bond motifs is 1. The summed E-state index contributed by atoms with van der Waals surface area (Å²) in [4.78, 5) is 4.43. The van der Waals surface area contributed by atoms with Crippen molar-refractivity contribution >= 4 is 32.5 Å². The minimum absolute atomic E-state index is 0.991. The highest BCUT2D eigenvalue weighted by Gasteiger charge is 2.03. The molecule has 0 unspecified atom stereocenters. The van der Waals surface area contributed by atoms with Crippen LogP contribution >= 0.6 is 15.9 Å². The van der Waals surface area contributed by atoms with Gasteiger partial charge in [0.15, 0.2) is 0 Å². The van der Waals surface area contributed by atoms with Gasteiger partial charge < -0.3 is 5.32 Å². The number of hydrogen-bond donors (Lipinski definition) is 1. The third-order valence-corrected chi connectivity index (χ3v) is 3.77. The number of benzene rings is 1. The van der Waals surface area contributed by atoms with Crippen LogP contribution in [0.3, 0.4) is 0 Å². The molecular formula is C15H19BrN2. The fourth-order valence-corrected chi connectivity index (χ4v) is 2.57. The molecule has 0 radical (unpaired) electrons. The molecule has 18 heavy (non-hydrogen) atoms. The molecule has 0 saturated heterocycles. The molecular weight excluding hydrogens is 288 g/mol. The van der Waals surface area contributed by atoms with Crippen LogP contribution in [0.4, 0.5) is 5.82 Å². The van der Waals surface area contributed by atoms with Gasteiger partial charge in [-0.3, -0.25) is 0 Å². The van der Waals surface area contributed by atoms with E-state index in [1.165, 1.54) is 36.5 Å². The maximum absolute atomic E-state index is 4.43. The lowest BCUT2D eigenvalue weighted by Gasteiger charge is -2.09. The summed E-state index contributed by atoms with van der Waals surface area (Å²) >= 11 is 3.58. The zero-order valence-electron chi connectivity index (χ0n) is 10.7. The van der Waals surface area contributed by atoms with Gasteiger partial charge in [-0.15, -0.1) is 0 Å². The van der Waals surface area contributed by atoms with Crippen LogP contribution in [-0.2, 0) is 0 Å². The van der Waals surface area contributed by atoms with Crippen LogP contribution in [0, 0.1) is 0 Å². The van der Waals surface area contributed by atoms with Crippen LogP contribution in [0.5, 0.6) is 0 Å². The van der Waals surface area contributed by atoms with Crippen LogP contribution in [0.2, 0.25) is 0 Å². The predicted octanol–water partition coefficient (Wildman–Crippen LogP) is 4.99. The summed E-state index contributed by atoms with van der Waals surface area (Å²) in [5, 5.41) is 5.84. The monoisotopic (exact) mass is 306 g/mol. The quantitative estimate of drug-likeness (QED) is 0.761. The maximum Gasteiger partial charge on any atom is 0.133 e. The van der Waals surface area contributed by atoms with Gasteiger partial charge in [0.05, 0.1) is 0 Å². The van der Waals surface area contributed by atoms with Gasteiger partial charge in [0.1, 0.15) is 5.82 Å². The lowest BCUT2D eigenvalue weighted by atomic mass is 10.1. The fraction of sp³-hybridized carbons (Fsp3) is 0.400. The molecule has 1 N–H and O–H groups in total. The Morgan fingerprint density at radius 2 is 2.00 bits per heavy atom. The Morgan fingerprint density at radius 3 is 2.83 bits per heavy atom. The molecule has 0 amide bonds. The smallest absolute Gasteiger partial charge is 0.133 e. The van der Waals surface area contributed by atoms with Crippen molar-refractivity contribution in [1.29, 1.82) is 0 Å². The first-order chi connectivity index (χ1) is 8.83. The molecule has 96 valence electrons. The van der Waals surface area contributed by atoms with E-state index in [9.17, 15) is 0 Å².